The maximum Gasteiger partial charge on any atom is 0.490 e. The zero-order chi connectivity index (χ0) is 33.2. The lowest BCUT2D eigenvalue weighted by Crippen LogP contribution is -2.49. The summed E-state index contributed by atoms with van der Waals surface area (Å²) in [5, 5.41) is 7.98. The summed E-state index contributed by atoms with van der Waals surface area (Å²) in [4.78, 5) is 24.0. The van der Waals surface area contributed by atoms with E-state index in [2.05, 4.69) is 23.1 Å². The molecule has 4 fully saturated rings. The number of likely N-dealkylation sites (tertiary alicyclic amines) is 1. The zero-order valence-electron chi connectivity index (χ0n) is 25.0. The number of halogens is 5. The van der Waals surface area contributed by atoms with Crippen molar-refractivity contribution in [1.82, 2.24) is 13.9 Å². The van der Waals surface area contributed by atoms with Crippen molar-refractivity contribution in [3.8, 4) is 5.75 Å². The fraction of sp³-hybridized carbons (Fsp3) is 0.548. The van der Waals surface area contributed by atoms with Gasteiger partial charge < -0.3 is 9.84 Å². The number of hydrogen-bond donors (Lipinski definition) is 2. The van der Waals surface area contributed by atoms with Crippen LogP contribution in [0.2, 0.25) is 5.02 Å². The van der Waals surface area contributed by atoms with Crippen LogP contribution >= 0.6 is 11.6 Å². The minimum Gasteiger partial charge on any atom is -0.493 e. The molecule has 0 bridgehead atoms. The molecule has 2 saturated carbocycles. The Morgan fingerprint density at radius 3 is 2.13 bits per heavy atom. The molecule has 2 aromatic carbocycles. The lowest BCUT2D eigenvalue weighted by Gasteiger charge is -2.32. The summed E-state index contributed by atoms with van der Waals surface area (Å²) in [5.41, 5.74) is 3.05. The molecular formula is C31H36ClF4N3O6S. The number of nitrogens with one attached hydrogen (secondary N) is 1. The van der Waals surface area contributed by atoms with Gasteiger partial charge in [-0.15, -0.1) is 0 Å². The van der Waals surface area contributed by atoms with Gasteiger partial charge in [-0.25, -0.2) is 13.9 Å². The van der Waals surface area contributed by atoms with Crippen LogP contribution in [0.15, 0.2) is 30.3 Å². The summed E-state index contributed by atoms with van der Waals surface area (Å²) in [6.07, 6.45) is 2.05. The van der Waals surface area contributed by atoms with Crippen molar-refractivity contribution in [3.05, 3.63) is 63.4 Å². The Bertz CT molecular complexity index is 1550. The second kappa shape index (κ2) is 14.0. The molecule has 46 heavy (non-hydrogen) atoms. The van der Waals surface area contributed by atoms with Gasteiger partial charge >= 0.3 is 22.4 Å². The monoisotopic (exact) mass is 689 g/mol. The number of nitrogens with zero attached hydrogens (tertiary/aromatic N) is 2. The molecule has 0 radical (unpaired) electrons. The number of carboxylic acids is 1. The highest BCUT2D eigenvalue weighted by atomic mass is 35.5. The van der Waals surface area contributed by atoms with Crippen LogP contribution in [0.1, 0.15) is 83.8 Å². The predicted molar refractivity (Wildman–Crippen MR) is 162 cm³/mol. The third-order valence-corrected chi connectivity index (χ3v) is 10.5. The van der Waals surface area contributed by atoms with Crippen LogP contribution < -0.4 is 9.46 Å². The number of carboxylic acid groups (broad SMARTS) is 1. The van der Waals surface area contributed by atoms with E-state index in [9.17, 15) is 30.8 Å². The van der Waals surface area contributed by atoms with Crippen LogP contribution in [0.4, 0.5) is 17.6 Å². The van der Waals surface area contributed by atoms with Crippen LogP contribution in [0.3, 0.4) is 0 Å². The minimum atomic E-state index is -5.08. The number of benzene rings is 2. The normalized spacial score (nSPS) is 19.5. The fourth-order valence-corrected chi connectivity index (χ4v) is 6.93. The Balaban J connectivity index is 0.000000537. The SMILES string of the molecule is O=C(NS(=O)(=O)N1CCC1)c1cc(C2CC2)c(OCC2CCN(Cc3ccc(C4CC4)cc3Cl)CC2)cc1F.O=C(O)C(F)(F)F. The van der Waals surface area contributed by atoms with Crippen LogP contribution in [-0.2, 0) is 21.5 Å². The average Bonchev–Trinajstić information content (AvgIpc) is 3.86. The molecule has 0 aromatic heterocycles. The van der Waals surface area contributed by atoms with Gasteiger partial charge in [0.25, 0.3) is 5.91 Å². The maximum absolute atomic E-state index is 15.0. The lowest BCUT2D eigenvalue weighted by atomic mass is 9.97. The predicted octanol–water partition coefficient (Wildman–Crippen LogP) is 5.84. The molecule has 6 rings (SSSR count). The van der Waals surface area contributed by atoms with Gasteiger partial charge in [0.05, 0.1) is 12.2 Å². The molecule has 252 valence electrons. The van der Waals surface area contributed by atoms with Crippen molar-refractivity contribution in [2.75, 3.05) is 32.8 Å². The first-order valence-corrected chi connectivity index (χ1v) is 17.1. The van der Waals surface area contributed by atoms with Gasteiger partial charge in [-0.2, -0.15) is 25.9 Å². The van der Waals surface area contributed by atoms with Gasteiger partial charge in [0, 0.05) is 30.7 Å². The van der Waals surface area contributed by atoms with E-state index in [4.69, 9.17) is 26.2 Å². The van der Waals surface area contributed by atoms with E-state index in [1.54, 1.807) is 0 Å². The zero-order valence-corrected chi connectivity index (χ0v) is 26.6. The Morgan fingerprint density at radius 1 is 0.978 bits per heavy atom. The number of alkyl halides is 3. The molecule has 2 aliphatic heterocycles. The highest BCUT2D eigenvalue weighted by Crippen LogP contribution is 2.45. The Labute approximate surface area is 270 Å². The van der Waals surface area contributed by atoms with Crippen LogP contribution in [0.5, 0.6) is 5.75 Å². The first-order chi connectivity index (χ1) is 21.7. The first-order valence-electron chi connectivity index (χ1n) is 15.3. The van der Waals surface area contributed by atoms with E-state index in [-0.39, 0.29) is 11.5 Å². The molecule has 2 saturated heterocycles. The van der Waals surface area contributed by atoms with Crippen molar-refractivity contribution >= 4 is 33.7 Å². The van der Waals surface area contributed by atoms with Gasteiger partial charge in [0.1, 0.15) is 11.6 Å². The quantitative estimate of drug-likeness (QED) is 0.301. The standard InChI is InChI=1S/C29H35ClFN3O4S.C2HF3O2/c30-26-14-22(20-2-3-20)6-7-23(26)17-33-12-8-19(9-13-33)18-38-28-16-27(31)25(15-24(28)21-4-5-21)29(35)32-39(36,37)34-10-1-11-34;3-2(4,5)1(6)7/h6-7,14-16,19-21H,1-5,8-13,17-18H2,(H,32,35);(H,6,7). The molecule has 2 heterocycles. The third kappa shape index (κ3) is 8.90. The summed E-state index contributed by atoms with van der Waals surface area (Å²) in [6.45, 7) is 3.95. The smallest absolute Gasteiger partial charge is 0.490 e. The Kier molecular flexibility index (Phi) is 10.5. The molecule has 0 atom stereocenters. The second-order valence-electron chi connectivity index (χ2n) is 12.3. The molecule has 2 N–H and O–H groups in total. The van der Waals surface area contributed by atoms with E-state index in [0.717, 1.165) is 62.3 Å². The van der Waals surface area contributed by atoms with Crippen molar-refractivity contribution < 1.29 is 45.4 Å². The van der Waals surface area contributed by atoms with E-state index in [1.807, 2.05) is 4.72 Å². The molecule has 2 aliphatic carbocycles. The Hall–Kier alpha value is -2.94. The maximum atomic E-state index is 15.0. The highest BCUT2D eigenvalue weighted by Gasteiger charge is 2.38. The van der Waals surface area contributed by atoms with Gasteiger partial charge in [0.2, 0.25) is 0 Å². The largest absolute Gasteiger partial charge is 0.493 e. The molecule has 4 aliphatic rings. The molecule has 1 amide bonds. The number of rotatable bonds is 10. The molecule has 2 aromatic rings. The number of carbonyl (C=O) groups excluding carboxylic acids is 1. The number of carbonyl (C=O) groups is 2. The average molecular weight is 690 g/mol. The van der Waals surface area contributed by atoms with Crippen LogP contribution in [0.25, 0.3) is 0 Å². The number of hydrogen-bond acceptors (Lipinski definition) is 6. The van der Waals surface area contributed by atoms with Crippen molar-refractivity contribution in [1.29, 1.82) is 0 Å². The number of aliphatic carboxylic acids is 1. The van der Waals surface area contributed by atoms with E-state index in [1.165, 1.54) is 40.4 Å². The Morgan fingerprint density at radius 2 is 1.61 bits per heavy atom. The summed E-state index contributed by atoms with van der Waals surface area (Å²) in [7, 11) is -3.95. The molecule has 15 heteroatoms. The van der Waals surface area contributed by atoms with Gasteiger partial charge in [0.15, 0.2) is 0 Å². The fourth-order valence-electron chi connectivity index (χ4n) is 5.47. The topological polar surface area (TPSA) is 116 Å². The van der Waals surface area contributed by atoms with E-state index >= 15 is 0 Å². The summed E-state index contributed by atoms with van der Waals surface area (Å²) < 4.78 is 80.7. The number of piperidine rings is 1. The third-order valence-electron chi connectivity index (χ3n) is 8.68. The van der Waals surface area contributed by atoms with Gasteiger partial charge in [-0.1, -0.05) is 23.7 Å². The van der Waals surface area contributed by atoms with E-state index < -0.39 is 34.1 Å². The lowest BCUT2D eigenvalue weighted by molar-refractivity contribution is -0.192. The first kappa shape index (κ1) is 34.4. The van der Waals surface area contributed by atoms with E-state index in [0.29, 0.717) is 37.3 Å². The van der Waals surface area contributed by atoms with Crippen molar-refractivity contribution in [3.63, 3.8) is 0 Å². The van der Waals surface area contributed by atoms with Crippen LogP contribution in [0, 0.1) is 11.7 Å². The van der Waals surface area contributed by atoms with Crippen molar-refractivity contribution in [2.24, 2.45) is 5.92 Å². The molecular weight excluding hydrogens is 654 g/mol. The second-order valence-corrected chi connectivity index (χ2v) is 14.4. The number of ether oxygens (including phenoxy) is 1. The summed E-state index contributed by atoms with van der Waals surface area (Å²) >= 11 is 6.58. The van der Waals surface area contributed by atoms with Gasteiger partial charge in [-0.3, -0.25) is 9.69 Å². The highest BCUT2D eigenvalue weighted by molar-refractivity contribution is 7.87. The molecule has 0 spiro atoms. The van der Waals surface area contributed by atoms with Crippen molar-refractivity contribution in [2.45, 2.75) is 69.5 Å². The molecule has 0 unspecified atom stereocenters. The minimum absolute atomic E-state index is 0.206. The van der Waals surface area contributed by atoms with Crippen LogP contribution in [-0.4, -0.2) is 73.6 Å². The summed E-state index contributed by atoms with van der Waals surface area (Å²) in [6, 6.07) is 9.25. The number of amides is 1. The molecule has 9 nitrogen and oxygen atoms in total. The van der Waals surface area contributed by atoms with Gasteiger partial charge in [-0.05, 0) is 105 Å². The summed E-state index contributed by atoms with van der Waals surface area (Å²) in [5.74, 6) is -2.76.